The van der Waals surface area contributed by atoms with Crippen LogP contribution in [0.5, 0.6) is 0 Å². The Labute approximate surface area is 217 Å². The van der Waals surface area contributed by atoms with E-state index in [9.17, 15) is 14.0 Å². The van der Waals surface area contributed by atoms with E-state index in [-0.39, 0.29) is 24.0 Å². The number of halogens is 1. The normalized spacial score (nSPS) is 12.4. The number of ether oxygens (including phenoxy) is 1. The molecule has 5 nitrogen and oxygen atoms in total. The monoisotopic (exact) mass is 500 g/mol. The zero-order chi connectivity index (χ0) is 26.7. The SMILES string of the molecule is Cc1cc(C(C)(C)C)cc(C)c1COC(=O)C(Cc1c[nH]c2ccccc12)NC(=O)c1ccc(F)cc1. The van der Waals surface area contributed by atoms with Gasteiger partial charge >= 0.3 is 5.97 Å². The summed E-state index contributed by atoms with van der Waals surface area (Å²) in [6.45, 7) is 10.6. The predicted octanol–water partition coefficient (Wildman–Crippen LogP) is 6.31. The third-order valence-electron chi connectivity index (χ3n) is 6.72. The van der Waals surface area contributed by atoms with Crippen molar-refractivity contribution < 1.29 is 18.7 Å². The molecule has 6 heteroatoms. The zero-order valence-electron chi connectivity index (χ0n) is 21.9. The molecule has 0 aliphatic heterocycles. The maximum atomic E-state index is 13.3. The minimum Gasteiger partial charge on any atom is -0.459 e. The van der Waals surface area contributed by atoms with Crippen LogP contribution in [-0.4, -0.2) is 22.9 Å². The lowest BCUT2D eigenvalue weighted by Crippen LogP contribution is -2.43. The van der Waals surface area contributed by atoms with Crippen molar-refractivity contribution in [2.75, 3.05) is 0 Å². The van der Waals surface area contributed by atoms with Crippen LogP contribution in [0.1, 0.15) is 58.9 Å². The summed E-state index contributed by atoms with van der Waals surface area (Å²) in [5.41, 5.74) is 6.40. The Bertz CT molecular complexity index is 1410. The second-order valence-corrected chi connectivity index (χ2v) is 10.5. The number of hydrogen-bond acceptors (Lipinski definition) is 3. The van der Waals surface area contributed by atoms with Crippen LogP contribution in [0.2, 0.25) is 0 Å². The van der Waals surface area contributed by atoms with Crippen molar-refractivity contribution in [2.24, 2.45) is 0 Å². The number of carbonyl (C=O) groups excluding carboxylic acids is 2. The van der Waals surface area contributed by atoms with Crippen molar-refractivity contribution in [3.05, 3.63) is 106 Å². The maximum absolute atomic E-state index is 13.3. The van der Waals surface area contributed by atoms with Gasteiger partial charge in [-0.25, -0.2) is 9.18 Å². The molecule has 1 aromatic heterocycles. The molecular formula is C31H33FN2O3. The third-order valence-corrected chi connectivity index (χ3v) is 6.72. The average molecular weight is 501 g/mol. The van der Waals surface area contributed by atoms with Gasteiger partial charge in [0.2, 0.25) is 0 Å². The summed E-state index contributed by atoms with van der Waals surface area (Å²) >= 11 is 0. The number of aromatic nitrogens is 1. The standard InChI is InChI=1S/C31H33FN2O3/c1-19-14-23(31(3,4)5)15-20(2)26(19)18-37-30(36)28(34-29(35)21-10-12-24(32)13-11-21)16-22-17-33-27-9-7-6-8-25(22)27/h6-15,17,28,33H,16,18H2,1-5H3,(H,34,35). The van der Waals surface area contributed by atoms with Gasteiger partial charge in [-0.1, -0.05) is 51.1 Å². The van der Waals surface area contributed by atoms with E-state index in [0.29, 0.717) is 0 Å². The number of hydrogen-bond donors (Lipinski definition) is 2. The fraction of sp³-hybridized carbons (Fsp3) is 0.290. The Morgan fingerprint density at radius 2 is 1.65 bits per heavy atom. The molecule has 1 heterocycles. The number of rotatable bonds is 7. The van der Waals surface area contributed by atoms with Crippen LogP contribution in [-0.2, 0) is 28.0 Å². The number of para-hydroxylation sites is 1. The summed E-state index contributed by atoms with van der Waals surface area (Å²) in [5.74, 6) is -1.43. The van der Waals surface area contributed by atoms with Crippen molar-refractivity contribution in [1.29, 1.82) is 0 Å². The molecule has 1 unspecified atom stereocenters. The summed E-state index contributed by atoms with van der Waals surface area (Å²) < 4.78 is 19.1. The molecule has 0 radical (unpaired) electrons. The summed E-state index contributed by atoms with van der Waals surface area (Å²) in [6.07, 6.45) is 2.09. The lowest BCUT2D eigenvalue weighted by molar-refractivity contribution is -0.147. The lowest BCUT2D eigenvalue weighted by atomic mass is 9.84. The van der Waals surface area contributed by atoms with Crippen LogP contribution in [0.15, 0.2) is 66.9 Å². The first-order valence-electron chi connectivity index (χ1n) is 12.4. The molecule has 1 amide bonds. The van der Waals surface area contributed by atoms with E-state index < -0.39 is 23.7 Å². The third kappa shape index (κ3) is 6.08. The maximum Gasteiger partial charge on any atom is 0.329 e. The van der Waals surface area contributed by atoms with E-state index in [1.807, 2.05) is 44.3 Å². The molecule has 192 valence electrons. The predicted molar refractivity (Wildman–Crippen MR) is 144 cm³/mol. The lowest BCUT2D eigenvalue weighted by Gasteiger charge is -2.23. The number of H-pyrrole nitrogens is 1. The van der Waals surface area contributed by atoms with E-state index >= 15 is 0 Å². The Balaban J connectivity index is 1.56. The molecule has 0 aliphatic carbocycles. The molecule has 0 fully saturated rings. The second kappa shape index (κ2) is 10.6. The molecule has 4 aromatic rings. The van der Waals surface area contributed by atoms with Crippen molar-refractivity contribution in [3.8, 4) is 0 Å². The molecule has 0 spiro atoms. The number of nitrogens with one attached hydrogen (secondary N) is 2. The first-order valence-corrected chi connectivity index (χ1v) is 12.4. The van der Waals surface area contributed by atoms with Gasteiger partial charge in [0, 0.05) is 29.1 Å². The highest BCUT2D eigenvalue weighted by Crippen LogP contribution is 2.27. The van der Waals surface area contributed by atoms with Crippen molar-refractivity contribution in [2.45, 2.75) is 59.1 Å². The summed E-state index contributed by atoms with van der Waals surface area (Å²) in [4.78, 5) is 29.5. The summed E-state index contributed by atoms with van der Waals surface area (Å²) in [6, 6.07) is 16.3. The summed E-state index contributed by atoms with van der Waals surface area (Å²) in [5, 5.41) is 3.77. The number of carbonyl (C=O) groups is 2. The highest BCUT2D eigenvalue weighted by Gasteiger charge is 2.25. The minimum atomic E-state index is -0.925. The quantitative estimate of drug-likeness (QED) is 0.292. The highest BCUT2D eigenvalue weighted by atomic mass is 19.1. The Morgan fingerprint density at radius 3 is 2.30 bits per heavy atom. The van der Waals surface area contributed by atoms with Gasteiger partial charge < -0.3 is 15.0 Å². The number of esters is 1. The van der Waals surface area contributed by atoms with Crippen LogP contribution in [0.25, 0.3) is 10.9 Å². The number of benzene rings is 3. The largest absolute Gasteiger partial charge is 0.459 e. The number of amides is 1. The van der Waals surface area contributed by atoms with Gasteiger partial charge in [0.25, 0.3) is 5.91 Å². The average Bonchev–Trinajstić information content (AvgIpc) is 3.25. The molecule has 0 aliphatic rings. The molecule has 4 rings (SSSR count). The number of fused-ring (bicyclic) bond motifs is 1. The first-order chi connectivity index (χ1) is 17.5. The topological polar surface area (TPSA) is 71.2 Å². The van der Waals surface area contributed by atoms with E-state index in [0.717, 1.165) is 33.2 Å². The van der Waals surface area contributed by atoms with E-state index in [4.69, 9.17) is 4.74 Å². The van der Waals surface area contributed by atoms with Crippen molar-refractivity contribution in [1.82, 2.24) is 10.3 Å². The molecule has 2 N–H and O–H groups in total. The van der Waals surface area contributed by atoms with Gasteiger partial charge in [-0.3, -0.25) is 4.79 Å². The van der Waals surface area contributed by atoms with Crippen molar-refractivity contribution in [3.63, 3.8) is 0 Å². The van der Waals surface area contributed by atoms with E-state index in [2.05, 4.69) is 43.2 Å². The van der Waals surface area contributed by atoms with Crippen LogP contribution >= 0.6 is 0 Å². The Hall–Kier alpha value is -3.93. The van der Waals surface area contributed by atoms with Gasteiger partial charge in [-0.05, 0) is 77.4 Å². The van der Waals surface area contributed by atoms with E-state index in [1.165, 1.54) is 29.8 Å². The fourth-order valence-electron chi connectivity index (χ4n) is 4.45. The van der Waals surface area contributed by atoms with Crippen LogP contribution in [0.3, 0.4) is 0 Å². The molecule has 0 saturated carbocycles. The van der Waals surface area contributed by atoms with Crippen LogP contribution in [0, 0.1) is 19.7 Å². The second-order valence-electron chi connectivity index (χ2n) is 10.5. The summed E-state index contributed by atoms with van der Waals surface area (Å²) in [7, 11) is 0. The van der Waals surface area contributed by atoms with Gasteiger partial charge in [0.05, 0.1) is 0 Å². The number of aromatic amines is 1. The van der Waals surface area contributed by atoms with Crippen LogP contribution < -0.4 is 5.32 Å². The van der Waals surface area contributed by atoms with Gasteiger partial charge in [-0.15, -0.1) is 0 Å². The first kappa shape index (κ1) is 26.1. The molecular weight excluding hydrogens is 467 g/mol. The Morgan fingerprint density at radius 1 is 1.00 bits per heavy atom. The Kier molecular flexibility index (Phi) is 7.48. The smallest absolute Gasteiger partial charge is 0.329 e. The molecule has 0 bridgehead atoms. The van der Waals surface area contributed by atoms with Gasteiger partial charge in [0.15, 0.2) is 0 Å². The van der Waals surface area contributed by atoms with E-state index in [1.54, 1.807) is 0 Å². The fourth-order valence-corrected chi connectivity index (χ4v) is 4.45. The molecule has 1 atom stereocenters. The van der Waals surface area contributed by atoms with Crippen molar-refractivity contribution >= 4 is 22.8 Å². The molecule has 0 saturated heterocycles. The highest BCUT2D eigenvalue weighted by molar-refractivity contribution is 5.97. The molecule has 37 heavy (non-hydrogen) atoms. The van der Waals surface area contributed by atoms with Gasteiger partial charge in [0.1, 0.15) is 18.5 Å². The van der Waals surface area contributed by atoms with Crippen LogP contribution in [0.4, 0.5) is 4.39 Å². The number of aryl methyl sites for hydroxylation is 2. The minimum absolute atomic E-state index is 0.0137. The molecule has 3 aromatic carbocycles. The zero-order valence-corrected chi connectivity index (χ0v) is 21.9. The van der Waals surface area contributed by atoms with Gasteiger partial charge in [-0.2, -0.15) is 0 Å².